The van der Waals surface area contributed by atoms with E-state index in [4.69, 9.17) is 69.6 Å². The monoisotopic (exact) mass is 260 g/mol. The van der Waals surface area contributed by atoms with Crippen molar-refractivity contribution in [3.63, 3.8) is 0 Å². The number of halogens is 6. The molecule has 10 heavy (non-hydrogen) atoms. The zero-order chi connectivity index (χ0) is 8.36. The number of alkyl halides is 3. The molecule has 0 spiro atoms. The standard InChI is InChI=1S/C4H2Cl6/c5-1-4(9,10)2(6)3(7)8/h1H2. The van der Waals surface area contributed by atoms with Crippen LogP contribution in [0.3, 0.4) is 0 Å². The molecule has 0 amide bonds. The predicted octanol–water partition coefficient (Wildman–Crippen LogP) is 4.28. The summed E-state index contributed by atoms with van der Waals surface area (Å²) < 4.78 is -1.56. The Morgan fingerprint density at radius 3 is 1.60 bits per heavy atom. The molecular formula is C4H2Cl6. The first-order valence-corrected chi connectivity index (χ1v) is 4.49. The molecule has 6 heteroatoms. The van der Waals surface area contributed by atoms with E-state index in [1.54, 1.807) is 0 Å². The molecular weight excluding hydrogens is 261 g/mol. The maximum absolute atomic E-state index is 5.54. The molecule has 0 aliphatic rings. The largest absolute Gasteiger partial charge is 0.169 e. The van der Waals surface area contributed by atoms with Crippen LogP contribution >= 0.6 is 69.6 Å². The molecule has 0 radical (unpaired) electrons. The fourth-order valence-corrected chi connectivity index (χ4v) is 1.17. The summed E-state index contributed by atoms with van der Waals surface area (Å²) in [5.74, 6) is -0.0715. The second kappa shape index (κ2) is 4.49. The van der Waals surface area contributed by atoms with Crippen molar-refractivity contribution in [1.29, 1.82) is 0 Å². The van der Waals surface area contributed by atoms with E-state index < -0.39 is 4.33 Å². The fraction of sp³-hybridized carbons (Fsp3) is 0.500. The molecule has 0 aliphatic carbocycles. The molecule has 0 bridgehead atoms. The predicted molar refractivity (Wildman–Crippen MR) is 49.7 cm³/mol. The van der Waals surface area contributed by atoms with Gasteiger partial charge in [0.1, 0.15) is 4.49 Å². The van der Waals surface area contributed by atoms with Crippen LogP contribution in [0, 0.1) is 0 Å². The lowest BCUT2D eigenvalue weighted by Gasteiger charge is -2.14. The van der Waals surface area contributed by atoms with E-state index in [9.17, 15) is 0 Å². The third-order valence-corrected chi connectivity index (χ3v) is 3.25. The Hall–Kier alpha value is 1.48. The molecule has 0 aromatic heterocycles. The summed E-state index contributed by atoms with van der Waals surface area (Å²) in [6, 6.07) is 0. The van der Waals surface area contributed by atoms with Gasteiger partial charge in [0, 0.05) is 0 Å². The van der Waals surface area contributed by atoms with Gasteiger partial charge in [0.25, 0.3) is 0 Å². The maximum Gasteiger partial charge on any atom is 0.169 e. The van der Waals surface area contributed by atoms with E-state index in [0.717, 1.165) is 0 Å². The third-order valence-electron chi connectivity index (χ3n) is 0.655. The van der Waals surface area contributed by atoms with E-state index in [2.05, 4.69) is 0 Å². The van der Waals surface area contributed by atoms with E-state index >= 15 is 0 Å². The number of allylic oxidation sites excluding steroid dienone is 1. The molecule has 0 aromatic rings. The first-order chi connectivity index (χ1) is 4.41. The van der Waals surface area contributed by atoms with Crippen molar-refractivity contribution in [3.05, 3.63) is 9.52 Å². The van der Waals surface area contributed by atoms with Crippen molar-refractivity contribution >= 4 is 69.6 Å². The average molecular weight is 263 g/mol. The Labute approximate surface area is 89.0 Å². The number of rotatable bonds is 2. The number of hydrogen-bond donors (Lipinski definition) is 0. The first-order valence-electron chi connectivity index (χ1n) is 2.07. The maximum atomic E-state index is 5.54. The van der Waals surface area contributed by atoms with Crippen LogP contribution in [0.1, 0.15) is 0 Å². The van der Waals surface area contributed by atoms with Crippen molar-refractivity contribution in [2.45, 2.75) is 4.33 Å². The molecule has 0 aromatic carbocycles. The van der Waals surface area contributed by atoms with Gasteiger partial charge >= 0.3 is 0 Å². The summed E-state index contributed by atoms with van der Waals surface area (Å²) in [4.78, 5) is 0. The van der Waals surface area contributed by atoms with Gasteiger partial charge in [-0.05, 0) is 0 Å². The molecule has 0 fully saturated rings. The topological polar surface area (TPSA) is 0 Å². The van der Waals surface area contributed by atoms with Crippen molar-refractivity contribution in [1.82, 2.24) is 0 Å². The van der Waals surface area contributed by atoms with Gasteiger partial charge in [0.15, 0.2) is 4.33 Å². The summed E-state index contributed by atoms with van der Waals surface area (Å²) in [6.45, 7) is 0. The highest BCUT2D eigenvalue weighted by Crippen LogP contribution is 2.38. The SMILES string of the molecule is ClCC(Cl)(Cl)C(Cl)=C(Cl)Cl. The van der Waals surface area contributed by atoms with Crippen LogP contribution in [0.15, 0.2) is 9.52 Å². The molecule has 0 N–H and O–H groups in total. The molecule has 0 saturated heterocycles. The average Bonchev–Trinajstić information content (AvgIpc) is 1.86. The highest BCUT2D eigenvalue weighted by atomic mass is 35.5. The highest BCUT2D eigenvalue weighted by Gasteiger charge is 2.29. The lowest BCUT2D eigenvalue weighted by Crippen LogP contribution is -2.15. The highest BCUT2D eigenvalue weighted by molar-refractivity contribution is 6.65. The molecule has 0 aliphatic heterocycles. The molecule has 0 rings (SSSR count). The van der Waals surface area contributed by atoms with Gasteiger partial charge in [-0.2, -0.15) is 0 Å². The van der Waals surface area contributed by atoms with E-state index in [1.165, 1.54) is 0 Å². The number of hydrogen-bond acceptors (Lipinski definition) is 0. The summed E-state index contributed by atoms with van der Waals surface area (Å²) >= 11 is 32.4. The smallest absolute Gasteiger partial charge is 0.123 e. The van der Waals surface area contributed by atoms with Crippen molar-refractivity contribution in [2.24, 2.45) is 0 Å². The Morgan fingerprint density at radius 1 is 1.10 bits per heavy atom. The van der Waals surface area contributed by atoms with E-state index in [-0.39, 0.29) is 15.4 Å². The van der Waals surface area contributed by atoms with Gasteiger partial charge < -0.3 is 0 Å². The van der Waals surface area contributed by atoms with Crippen molar-refractivity contribution in [2.75, 3.05) is 5.88 Å². The normalized spacial score (nSPS) is 11.4. The molecule has 60 valence electrons. The minimum absolute atomic E-state index is 0.0610. The lowest BCUT2D eigenvalue weighted by atomic mass is 10.4. The second-order valence-corrected chi connectivity index (χ2v) is 4.49. The third kappa shape index (κ3) is 3.25. The summed E-state index contributed by atoms with van der Waals surface area (Å²) in [7, 11) is 0. The summed E-state index contributed by atoms with van der Waals surface area (Å²) in [5.41, 5.74) is 0. The van der Waals surface area contributed by atoms with E-state index in [1.807, 2.05) is 0 Å². The van der Waals surface area contributed by atoms with Crippen LogP contribution < -0.4 is 0 Å². The van der Waals surface area contributed by atoms with Crippen LogP contribution in [-0.4, -0.2) is 10.2 Å². The van der Waals surface area contributed by atoms with Gasteiger partial charge in [0.2, 0.25) is 0 Å². The Morgan fingerprint density at radius 2 is 1.50 bits per heavy atom. The van der Waals surface area contributed by atoms with Crippen LogP contribution in [0.2, 0.25) is 0 Å². The molecule has 0 nitrogen and oxygen atoms in total. The zero-order valence-electron chi connectivity index (χ0n) is 4.47. The van der Waals surface area contributed by atoms with Crippen LogP contribution in [0.5, 0.6) is 0 Å². The van der Waals surface area contributed by atoms with Gasteiger partial charge in [-0.3, -0.25) is 0 Å². The van der Waals surface area contributed by atoms with Crippen LogP contribution in [0.4, 0.5) is 0 Å². The second-order valence-electron chi connectivity index (χ2n) is 1.41. The van der Waals surface area contributed by atoms with Crippen LogP contribution in [-0.2, 0) is 0 Å². The quantitative estimate of drug-likeness (QED) is 0.652. The van der Waals surface area contributed by atoms with Crippen molar-refractivity contribution in [3.8, 4) is 0 Å². The van der Waals surface area contributed by atoms with Crippen LogP contribution in [0.25, 0.3) is 0 Å². The molecule has 0 atom stereocenters. The summed E-state index contributed by atoms with van der Waals surface area (Å²) in [6.07, 6.45) is 0. The molecule has 0 unspecified atom stereocenters. The Kier molecular flexibility index (Phi) is 5.16. The van der Waals surface area contributed by atoms with Gasteiger partial charge in [-0.15, -0.1) is 11.6 Å². The summed E-state index contributed by atoms with van der Waals surface area (Å²) in [5, 5.41) is -0.0610. The minimum atomic E-state index is -1.39. The Bertz CT molecular complexity index is 144. The molecule has 0 saturated carbocycles. The first kappa shape index (κ1) is 11.5. The zero-order valence-corrected chi connectivity index (χ0v) is 9.01. The van der Waals surface area contributed by atoms with Crippen molar-refractivity contribution < 1.29 is 0 Å². The van der Waals surface area contributed by atoms with Gasteiger partial charge in [-0.25, -0.2) is 0 Å². The fourth-order valence-electron chi connectivity index (χ4n) is 0.197. The van der Waals surface area contributed by atoms with Gasteiger partial charge in [0.05, 0.1) is 10.9 Å². The Balaban J connectivity index is 4.49. The molecule has 0 heterocycles. The van der Waals surface area contributed by atoms with Gasteiger partial charge in [-0.1, -0.05) is 58.0 Å². The van der Waals surface area contributed by atoms with E-state index in [0.29, 0.717) is 0 Å². The minimum Gasteiger partial charge on any atom is -0.123 e. The lowest BCUT2D eigenvalue weighted by molar-refractivity contribution is 1.10.